The Balaban J connectivity index is 0.00000841. The van der Waals surface area contributed by atoms with Crippen LogP contribution in [0.25, 0.3) is 0 Å². The van der Waals surface area contributed by atoms with E-state index in [-0.39, 0.29) is 28.4 Å². The Morgan fingerprint density at radius 1 is 1.13 bits per heavy atom. The van der Waals surface area contributed by atoms with Gasteiger partial charge >= 0.3 is 5.97 Å². The van der Waals surface area contributed by atoms with Crippen LogP contribution in [-0.2, 0) is 9.53 Å². The number of hydrogen-bond acceptors (Lipinski definition) is 3. The van der Waals surface area contributed by atoms with Crippen LogP contribution in [0.15, 0.2) is 58.7 Å². The van der Waals surface area contributed by atoms with Crippen molar-refractivity contribution in [3.8, 4) is 0 Å². The van der Waals surface area contributed by atoms with E-state index in [0.717, 1.165) is 25.2 Å². The number of allylic oxidation sites excluding steroid dienone is 9. The maximum atomic E-state index is 11.9. The lowest BCUT2D eigenvalue weighted by atomic mass is 9.72. The van der Waals surface area contributed by atoms with E-state index in [9.17, 15) is 4.79 Å². The van der Waals surface area contributed by atoms with Crippen LogP contribution >= 0.6 is 17.0 Å². The number of rotatable bonds is 10. The summed E-state index contributed by atoms with van der Waals surface area (Å²) in [5.41, 5.74) is 5.33. The number of ether oxygens (including phenoxy) is 1. The van der Waals surface area contributed by atoms with Crippen LogP contribution in [0.3, 0.4) is 0 Å². The fraction of sp³-hybridized carbons (Fsp3) is 0.577. The first-order valence-corrected chi connectivity index (χ1v) is 11.0. The summed E-state index contributed by atoms with van der Waals surface area (Å²) in [7, 11) is 0. The van der Waals surface area contributed by atoms with E-state index in [1.165, 1.54) is 36.0 Å². The molecular weight excluding hydrogens is 438 g/mol. The zero-order valence-electron chi connectivity index (χ0n) is 20.1. The Bertz CT molecular complexity index is 692. The highest BCUT2D eigenvalue weighted by atomic mass is 79.9. The van der Waals surface area contributed by atoms with Gasteiger partial charge in [-0.1, -0.05) is 69.2 Å². The standard InChI is InChI=1S/C26H41NO2.BrH/c1-8-27(9-2)18-19-29-25(28)20-22(4)13-10-12-21(3)15-16-24-23(5)14-11-17-26(24,6)7;/h10,12-13,15-16,20H,8-9,11,14,17-19H2,1-7H3;1H/b13-10+,16-15+,21-12+,22-20-;. The minimum absolute atomic E-state index is 0. The normalized spacial score (nSPS) is 17.7. The molecular formula is C26H42BrNO2. The molecule has 30 heavy (non-hydrogen) atoms. The fourth-order valence-electron chi connectivity index (χ4n) is 3.72. The molecule has 0 aliphatic heterocycles. The first kappa shape index (κ1) is 28.6. The molecule has 0 atom stereocenters. The Morgan fingerprint density at radius 3 is 2.40 bits per heavy atom. The second kappa shape index (κ2) is 14.6. The van der Waals surface area contributed by atoms with Gasteiger partial charge in [0.2, 0.25) is 0 Å². The molecule has 0 aromatic rings. The minimum atomic E-state index is -0.276. The van der Waals surface area contributed by atoms with Gasteiger partial charge in [-0.25, -0.2) is 4.79 Å². The molecule has 1 aliphatic carbocycles. The summed E-state index contributed by atoms with van der Waals surface area (Å²) in [6.45, 7) is 18.3. The van der Waals surface area contributed by atoms with Gasteiger partial charge in [0.1, 0.15) is 6.61 Å². The van der Waals surface area contributed by atoms with Crippen molar-refractivity contribution in [3.63, 3.8) is 0 Å². The predicted molar refractivity (Wildman–Crippen MR) is 135 cm³/mol. The Hall–Kier alpha value is -1.39. The Kier molecular flexibility index (Phi) is 13.9. The van der Waals surface area contributed by atoms with Gasteiger partial charge in [0.05, 0.1) is 0 Å². The third kappa shape index (κ3) is 10.6. The summed E-state index contributed by atoms with van der Waals surface area (Å²) in [6.07, 6.45) is 15.8. The van der Waals surface area contributed by atoms with Gasteiger partial charge in [-0.3, -0.25) is 0 Å². The molecule has 0 N–H and O–H groups in total. The molecule has 0 bridgehead atoms. The Labute approximate surface area is 195 Å². The zero-order valence-corrected chi connectivity index (χ0v) is 21.8. The molecule has 0 unspecified atom stereocenters. The summed E-state index contributed by atoms with van der Waals surface area (Å²) >= 11 is 0. The van der Waals surface area contributed by atoms with E-state index >= 15 is 0 Å². The summed E-state index contributed by atoms with van der Waals surface area (Å²) in [5.74, 6) is -0.276. The topological polar surface area (TPSA) is 29.5 Å². The van der Waals surface area contributed by atoms with Crippen molar-refractivity contribution in [3.05, 3.63) is 58.7 Å². The molecule has 1 aliphatic rings. The molecule has 0 amide bonds. The number of nitrogens with zero attached hydrogens (tertiary/aromatic N) is 1. The lowest BCUT2D eigenvalue weighted by Gasteiger charge is -2.32. The van der Waals surface area contributed by atoms with E-state index in [4.69, 9.17) is 4.74 Å². The van der Waals surface area contributed by atoms with E-state index in [2.05, 4.69) is 64.7 Å². The van der Waals surface area contributed by atoms with Crippen molar-refractivity contribution in [2.75, 3.05) is 26.2 Å². The van der Waals surface area contributed by atoms with Gasteiger partial charge < -0.3 is 9.64 Å². The first-order chi connectivity index (χ1) is 13.7. The first-order valence-electron chi connectivity index (χ1n) is 11.0. The monoisotopic (exact) mass is 479 g/mol. The molecule has 170 valence electrons. The van der Waals surface area contributed by atoms with Crippen molar-refractivity contribution in [2.45, 2.75) is 67.7 Å². The summed E-state index contributed by atoms with van der Waals surface area (Å²) in [5, 5.41) is 0. The van der Waals surface area contributed by atoms with Crippen LogP contribution < -0.4 is 0 Å². The van der Waals surface area contributed by atoms with Gasteiger partial charge in [-0.2, -0.15) is 0 Å². The number of likely N-dealkylation sites (N-methyl/N-ethyl adjacent to an activating group) is 1. The second-order valence-corrected chi connectivity index (χ2v) is 8.62. The third-order valence-corrected chi connectivity index (χ3v) is 5.67. The molecule has 0 aromatic carbocycles. The third-order valence-electron chi connectivity index (χ3n) is 5.67. The highest BCUT2D eigenvalue weighted by molar-refractivity contribution is 8.93. The van der Waals surface area contributed by atoms with Gasteiger partial charge in [0.25, 0.3) is 0 Å². The lowest BCUT2D eigenvalue weighted by molar-refractivity contribution is -0.138. The number of esters is 1. The number of carbonyl (C=O) groups is 1. The molecule has 4 heteroatoms. The van der Waals surface area contributed by atoms with Crippen LogP contribution in [0.5, 0.6) is 0 Å². The predicted octanol–water partition coefficient (Wildman–Crippen LogP) is 6.98. The van der Waals surface area contributed by atoms with Gasteiger partial charge in [0.15, 0.2) is 0 Å². The number of carbonyl (C=O) groups excluding carboxylic acids is 1. The molecule has 0 heterocycles. The largest absolute Gasteiger partial charge is 0.461 e. The average Bonchev–Trinajstić information content (AvgIpc) is 2.64. The molecule has 0 radical (unpaired) electrons. The molecule has 3 nitrogen and oxygen atoms in total. The van der Waals surface area contributed by atoms with Crippen LogP contribution in [0, 0.1) is 5.41 Å². The van der Waals surface area contributed by atoms with E-state index in [1.807, 2.05) is 19.1 Å². The molecule has 0 spiro atoms. The summed E-state index contributed by atoms with van der Waals surface area (Å²) in [6, 6.07) is 0. The van der Waals surface area contributed by atoms with Crippen molar-refractivity contribution in [1.29, 1.82) is 0 Å². The van der Waals surface area contributed by atoms with Crippen molar-refractivity contribution in [1.82, 2.24) is 4.90 Å². The maximum Gasteiger partial charge on any atom is 0.331 e. The number of hydrogen-bond donors (Lipinski definition) is 0. The van der Waals surface area contributed by atoms with Crippen LogP contribution in [0.1, 0.15) is 67.7 Å². The van der Waals surface area contributed by atoms with Crippen LogP contribution in [-0.4, -0.2) is 37.1 Å². The molecule has 1 rings (SSSR count). The number of halogens is 1. The molecule has 0 saturated heterocycles. The van der Waals surface area contributed by atoms with Crippen LogP contribution in [0.2, 0.25) is 0 Å². The molecule has 0 saturated carbocycles. The van der Waals surface area contributed by atoms with Crippen LogP contribution in [0.4, 0.5) is 0 Å². The van der Waals surface area contributed by atoms with Gasteiger partial charge in [-0.15, -0.1) is 17.0 Å². The zero-order chi connectivity index (χ0) is 21.9. The summed E-state index contributed by atoms with van der Waals surface area (Å²) < 4.78 is 5.29. The van der Waals surface area contributed by atoms with Crippen molar-refractivity contribution < 1.29 is 9.53 Å². The maximum absolute atomic E-state index is 11.9. The highest BCUT2D eigenvalue weighted by Gasteiger charge is 2.26. The van der Waals surface area contributed by atoms with E-state index in [0.29, 0.717) is 6.61 Å². The summed E-state index contributed by atoms with van der Waals surface area (Å²) in [4.78, 5) is 14.1. The smallest absolute Gasteiger partial charge is 0.331 e. The molecule has 0 fully saturated rings. The van der Waals surface area contributed by atoms with E-state index in [1.54, 1.807) is 6.08 Å². The average molecular weight is 481 g/mol. The van der Waals surface area contributed by atoms with Crippen molar-refractivity contribution >= 4 is 23.0 Å². The quantitative estimate of drug-likeness (QED) is 0.192. The van der Waals surface area contributed by atoms with Gasteiger partial charge in [0, 0.05) is 12.6 Å². The lowest BCUT2D eigenvalue weighted by Crippen LogP contribution is -2.27. The Morgan fingerprint density at radius 2 is 1.80 bits per heavy atom. The second-order valence-electron chi connectivity index (χ2n) is 8.62. The van der Waals surface area contributed by atoms with E-state index < -0.39 is 0 Å². The van der Waals surface area contributed by atoms with Crippen molar-refractivity contribution in [2.24, 2.45) is 5.41 Å². The fourth-order valence-corrected chi connectivity index (χ4v) is 3.72. The minimum Gasteiger partial charge on any atom is -0.461 e. The molecule has 0 aromatic heterocycles. The van der Waals surface area contributed by atoms with Gasteiger partial charge in [-0.05, 0) is 69.7 Å². The highest BCUT2D eigenvalue weighted by Crippen LogP contribution is 2.40. The SMILES string of the molecule is Br.CCN(CC)CCOC(=O)\C=C(C)/C=C/C=C(C)/C=C/C1=C(C)CCCC1(C)C.